The van der Waals surface area contributed by atoms with Crippen LogP contribution in [0.15, 0.2) is 34.9 Å². The molecule has 0 aliphatic rings. The van der Waals surface area contributed by atoms with Gasteiger partial charge in [0.2, 0.25) is 0 Å². The summed E-state index contributed by atoms with van der Waals surface area (Å²) in [7, 11) is 0. The largest absolute Gasteiger partial charge is 0.278 e. The van der Waals surface area contributed by atoms with Crippen LogP contribution in [0.5, 0.6) is 0 Å². The van der Waals surface area contributed by atoms with Crippen molar-refractivity contribution in [1.82, 2.24) is 14.5 Å². The highest BCUT2D eigenvalue weighted by Gasteiger charge is 2.18. The monoisotopic (exact) mass is 387 g/mol. The Morgan fingerprint density at radius 2 is 2.14 bits per heavy atom. The van der Waals surface area contributed by atoms with Crippen LogP contribution in [0.25, 0.3) is 16.9 Å². The molecule has 0 unspecified atom stereocenters. The molecule has 0 saturated carbocycles. The average molecular weight is 389 g/mol. The Kier molecular flexibility index (Phi) is 4.15. The summed E-state index contributed by atoms with van der Waals surface area (Å²) in [6, 6.07) is 6.30. The Morgan fingerprint density at radius 1 is 1.33 bits per heavy atom. The maximum Gasteiger partial charge on any atom is 0.164 e. The third kappa shape index (κ3) is 2.65. The molecular weight excluding hydrogens is 380 g/mol. The van der Waals surface area contributed by atoms with Gasteiger partial charge in [0, 0.05) is 23.0 Å². The van der Waals surface area contributed by atoms with Crippen molar-refractivity contribution in [3.63, 3.8) is 0 Å². The minimum atomic E-state index is -0.410. The standard InChI is InChI=1S/C14H9BrCl2FN3/c15-9-6-8(18)7-10(17)13(9)21-12(3-4-16)20-11-2-1-5-19-14(11)21/h1-2,5-7H,3-4H2. The van der Waals surface area contributed by atoms with Crippen molar-refractivity contribution in [3.05, 3.63) is 51.6 Å². The van der Waals surface area contributed by atoms with E-state index >= 15 is 0 Å². The minimum absolute atomic E-state index is 0.280. The molecule has 2 heterocycles. The first-order valence-corrected chi connectivity index (χ1v) is 7.85. The second-order valence-electron chi connectivity index (χ2n) is 4.37. The zero-order valence-corrected chi connectivity index (χ0v) is 13.8. The molecule has 2 aromatic heterocycles. The van der Waals surface area contributed by atoms with Crippen molar-refractivity contribution in [2.75, 3.05) is 5.88 Å². The highest BCUT2D eigenvalue weighted by molar-refractivity contribution is 9.10. The molecule has 21 heavy (non-hydrogen) atoms. The summed E-state index contributed by atoms with van der Waals surface area (Å²) < 4.78 is 15.8. The van der Waals surface area contributed by atoms with E-state index in [9.17, 15) is 4.39 Å². The number of nitrogens with zero attached hydrogens (tertiary/aromatic N) is 3. The van der Waals surface area contributed by atoms with Crippen LogP contribution in [0.3, 0.4) is 0 Å². The molecule has 0 N–H and O–H groups in total. The van der Waals surface area contributed by atoms with Gasteiger partial charge in [-0.15, -0.1) is 11.6 Å². The summed E-state index contributed by atoms with van der Waals surface area (Å²) in [5.74, 6) is 0.736. The number of hydrogen-bond acceptors (Lipinski definition) is 2. The SMILES string of the molecule is Fc1cc(Cl)c(-n2c(CCCl)nc3cccnc32)c(Br)c1. The van der Waals surface area contributed by atoms with Crippen LogP contribution in [0.4, 0.5) is 4.39 Å². The molecule has 3 rings (SSSR count). The third-order valence-electron chi connectivity index (χ3n) is 3.01. The first kappa shape index (κ1) is 14.8. The number of aryl methyl sites for hydroxylation is 1. The quantitative estimate of drug-likeness (QED) is 0.605. The van der Waals surface area contributed by atoms with E-state index in [1.165, 1.54) is 12.1 Å². The first-order valence-electron chi connectivity index (χ1n) is 6.15. The molecule has 108 valence electrons. The van der Waals surface area contributed by atoms with Gasteiger partial charge in [-0.1, -0.05) is 11.6 Å². The maximum atomic E-state index is 13.4. The molecule has 0 spiro atoms. The van der Waals surface area contributed by atoms with Crippen LogP contribution in [0, 0.1) is 5.82 Å². The van der Waals surface area contributed by atoms with E-state index in [1.54, 1.807) is 6.20 Å². The lowest BCUT2D eigenvalue weighted by atomic mass is 10.3. The van der Waals surface area contributed by atoms with Gasteiger partial charge >= 0.3 is 0 Å². The van der Waals surface area contributed by atoms with Gasteiger partial charge in [0.25, 0.3) is 0 Å². The fourth-order valence-electron chi connectivity index (χ4n) is 2.19. The molecule has 0 radical (unpaired) electrons. The number of benzene rings is 1. The lowest BCUT2D eigenvalue weighted by molar-refractivity contribution is 0.626. The molecule has 7 heteroatoms. The van der Waals surface area contributed by atoms with Crippen molar-refractivity contribution in [2.45, 2.75) is 6.42 Å². The molecular formula is C14H9BrCl2FN3. The van der Waals surface area contributed by atoms with Crippen molar-refractivity contribution >= 4 is 50.3 Å². The number of rotatable bonds is 3. The van der Waals surface area contributed by atoms with Gasteiger partial charge in [-0.2, -0.15) is 0 Å². The Morgan fingerprint density at radius 3 is 2.86 bits per heavy atom. The normalized spacial score (nSPS) is 11.2. The summed E-state index contributed by atoms with van der Waals surface area (Å²) in [6.45, 7) is 0. The van der Waals surface area contributed by atoms with Crippen LogP contribution < -0.4 is 0 Å². The number of halogens is 4. The van der Waals surface area contributed by atoms with E-state index in [4.69, 9.17) is 23.2 Å². The molecule has 0 bridgehead atoms. The van der Waals surface area contributed by atoms with Crippen molar-refractivity contribution in [3.8, 4) is 5.69 Å². The van der Waals surface area contributed by atoms with Gasteiger partial charge in [0.1, 0.15) is 17.2 Å². The highest BCUT2D eigenvalue weighted by Crippen LogP contribution is 2.33. The molecule has 3 aromatic rings. The van der Waals surface area contributed by atoms with Gasteiger partial charge in [0.05, 0.1) is 10.7 Å². The third-order valence-corrected chi connectivity index (χ3v) is 4.09. The molecule has 0 aliphatic carbocycles. The molecule has 1 aromatic carbocycles. The van der Waals surface area contributed by atoms with Crippen molar-refractivity contribution < 1.29 is 4.39 Å². The number of aromatic nitrogens is 3. The number of pyridine rings is 1. The summed E-state index contributed by atoms with van der Waals surface area (Å²) in [5, 5.41) is 0.280. The topological polar surface area (TPSA) is 30.7 Å². The minimum Gasteiger partial charge on any atom is -0.278 e. The predicted molar refractivity (Wildman–Crippen MR) is 86.0 cm³/mol. The molecule has 0 amide bonds. The maximum absolute atomic E-state index is 13.4. The van der Waals surface area contributed by atoms with Gasteiger partial charge in [-0.25, -0.2) is 14.4 Å². The van der Waals surface area contributed by atoms with E-state index in [2.05, 4.69) is 25.9 Å². The van der Waals surface area contributed by atoms with Crippen molar-refractivity contribution in [1.29, 1.82) is 0 Å². The fourth-order valence-corrected chi connectivity index (χ4v) is 3.38. The van der Waals surface area contributed by atoms with Crippen LogP contribution >= 0.6 is 39.1 Å². The van der Waals surface area contributed by atoms with Crippen LogP contribution in [0.2, 0.25) is 5.02 Å². The molecule has 0 saturated heterocycles. The molecule has 3 nitrogen and oxygen atoms in total. The van der Waals surface area contributed by atoms with Gasteiger partial charge < -0.3 is 0 Å². The number of hydrogen-bond donors (Lipinski definition) is 0. The predicted octanol–water partition coefficient (Wildman–Crippen LogP) is 4.76. The van der Waals surface area contributed by atoms with Crippen LogP contribution in [0.1, 0.15) is 5.82 Å². The number of alkyl halides is 1. The Hall–Kier alpha value is -1.17. The van der Waals surface area contributed by atoms with E-state index in [-0.39, 0.29) is 5.02 Å². The zero-order valence-electron chi connectivity index (χ0n) is 10.7. The zero-order chi connectivity index (χ0) is 15.0. The second-order valence-corrected chi connectivity index (χ2v) is 6.01. The Labute approximate surface area is 138 Å². The van der Waals surface area contributed by atoms with E-state index in [1.807, 2.05) is 16.7 Å². The van der Waals surface area contributed by atoms with Crippen molar-refractivity contribution in [2.24, 2.45) is 0 Å². The van der Waals surface area contributed by atoms with Gasteiger partial charge in [-0.05, 0) is 40.2 Å². The van der Waals surface area contributed by atoms with E-state index in [0.29, 0.717) is 28.1 Å². The smallest absolute Gasteiger partial charge is 0.164 e. The van der Waals surface area contributed by atoms with Crippen LogP contribution in [-0.4, -0.2) is 20.4 Å². The highest BCUT2D eigenvalue weighted by atomic mass is 79.9. The second kappa shape index (κ2) is 5.91. The summed E-state index contributed by atoms with van der Waals surface area (Å²) in [5.41, 5.74) is 2.01. The number of fused-ring (bicyclic) bond motifs is 1. The number of imidazole rings is 1. The summed E-state index contributed by atoms with van der Waals surface area (Å²) >= 11 is 15.4. The van der Waals surface area contributed by atoms with Gasteiger partial charge in [-0.3, -0.25) is 4.57 Å². The molecule has 0 aliphatic heterocycles. The lowest BCUT2D eigenvalue weighted by Gasteiger charge is -2.12. The van der Waals surface area contributed by atoms with Gasteiger partial charge in [0.15, 0.2) is 5.65 Å². The Bertz CT molecular complexity index is 796. The fraction of sp³-hybridized carbons (Fsp3) is 0.143. The average Bonchev–Trinajstić information content (AvgIpc) is 2.77. The summed E-state index contributed by atoms with van der Waals surface area (Å²) in [4.78, 5) is 8.88. The first-order chi connectivity index (χ1) is 10.1. The molecule has 0 atom stereocenters. The van der Waals surface area contributed by atoms with Crippen LogP contribution in [-0.2, 0) is 6.42 Å². The summed E-state index contributed by atoms with van der Waals surface area (Å²) in [6.07, 6.45) is 2.23. The van der Waals surface area contributed by atoms with E-state index in [0.717, 1.165) is 11.3 Å². The Balaban J connectivity index is 2.36. The lowest BCUT2D eigenvalue weighted by Crippen LogP contribution is -2.05. The van der Waals surface area contributed by atoms with E-state index < -0.39 is 5.82 Å². The molecule has 0 fully saturated rings.